The van der Waals surface area contributed by atoms with Crippen LogP contribution in [0.5, 0.6) is 0 Å². The molecule has 28 heavy (non-hydrogen) atoms. The highest BCUT2D eigenvalue weighted by Crippen LogP contribution is 2.25. The summed E-state index contributed by atoms with van der Waals surface area (Å²) in [6.07, 6.45) is 3.44. The van der Waals surface area contributed by atoms with E-state index in [0.717, 1.165) is 37.0 Å². The third-order valence-electron chi connectivity index (χ3n) is 4.78. The minimum absolute atomic E-state index is 0.0366. The van der Waals surface area contributed by atoms with E-state index in [-0.39, 0.29) is 16.3 Å². The molecule has 1 heterocycles. The Morgan fingerprint density at radius 2 is 1.64 bits per heavy atom. The number of nitrogens with zero attached hydrogens (tertiary/aromatic N) is 1. The number of nitrogens with one attached hydrogen (secondary N) is 1. The van der Waals surface area contributed by atoms with Gasteiger partial charge in [0.1, 0.15) is 0 Å². The second kappa shape index (κ2) is 8.62. The SMILES string of the molecule is CS(=O)(=O)c1ccc(Br)c(S(=O)(=O)NCc2ccccc2CN2CCCC2)c1. The normalized spacial score (nSPS) is 15.8. The molecule has 1 N–H and O–H groups in total. The lowest BCUT2D eigenvalue weighted by atomic mass is 10.1. The highest BCUT2D eigenvalue weighted by atomic mass is 79.9. The fourth-order valence-electron chi connectivity index (χ4n) is 3.24. The topological polar surface area (TPSA) is 83.5 Å². The summed E-state index contributed by atoms with van der Waals surface area (Å²) < 4.78 is 52.1. The van der Waals surface area contributed by atoms with Crippen molar-refractivity contribution in [2.24, 2.45) is 0 Å². The smallest absolute Gasteiger partial charge is 0.242 e. The lowest BCUT2D eigenvalue weighted by Crippen LogP contribution is -2.25. The van der Waals surface area contributed by atoms with E-state index in [0.29, 0.717) is 4.47 Å². The summed E-state index contributed by atoms with van der Waals surface area (Å²) in [5.41, 5.74) is 2.00. The Bertz CT molecular complexity index is 1060. The van der Waals surface area contributed by atoms with Crippen molar-refractivity contribution in [2.75, 3.05) is 19.3 Å². The number of rotatable bonds is 7. The molecule has 1 fully saturated rings. The third kappa shape index (κ3) is 5.21. The maximum absolute atomic E-state index is 12.8. The summed E-state index contributed by atoms with van der Waals surface area (Å²) in [5, 5.41) is 0. The van der Waals surface area contributed by atoms with Crippen molar-refractivity contribution in [3.05, 3.63) is 58.1 Å². The number of likely N-dealkylation sites (tertiary alicyclic amines) is 1. The van der Waals surface area contributed by atoms with Gasteiger partial charge in [-0.3, -0.25) is 4.90 Å². The molecule has 2 aromatic rings. The van der Waals surface area contributed by atoms with Crippen LogP contribution in [0.25, 0.3) is 0 Å². The van der Waals surface area contributed by atoms with Crippen molar-refractivity contribution in [3.8, 4) is 0 Å². The van der Waals surface area contributed by atoms with Crippen molar-refractivity contribution in [1.82, 2.24) is 9.62 Å². The number of hydrogen-bond acceptors (Lipinski definition) is 5. The molecule has 0 radical (unpaired) electrons. The minimum Gasteiger partial charge on any atom is -0.299 e. The molecule has 2 aromatic carbocycles. The van der Waals surface area contributed by atoms with Crippen molar-refractivity contribution in [1.29, 1.82) is 0 Å². The zero-order chi connectivity index (χ0) is 20.4. The van der Waals surface area contributed by atoms with Crippen LogP contribution in [0.4, 0.5) is 0 Å². The standard InChI is InChI=1S/C19H23BrN2O4S2/c1-27(23,24)17-8-9-18(20)19(12-17)28(25,26)21-13-15-6-2-3-7-16(15)14-22-10-4-5-11-22/h2-3,6-9,12,21H,4-5,10-11,13-14H2,1H3. The molecule has 152 valence electrons. The van der Waals surface area contributed by atoms with Crippen LogP contribution in [-0.4, -0.2) is 41.1 Å². The van der Waals surface area contributed by atoms with Gasteiger partial charge in [-0.05, 0) is 71.2 Å². The highest BCUT2D eigenvalue weighted by Gasteiger charge is 2.21. The molecule has 0 atom stereocenters. The van der Waals surface area contributed by atoms with Crippen LogP contribution in [0.15, 0.2) is 56.7 Å². The molecule has 0 aliphatic carbocycles. The Morgan fingerprint density at radius 3 is 2.29 bits per heavy atom. The molecule has 0 spiro atoms. The predicted molar refractivity (Wildman–Crippen MR) is 112 cm³/mol. The molecule has 1 saturated heterocycles. The first-order valence-electron chi connectivity index (χ1n) is 8.95. The molecule has 0 bridgehead atoms. The van der Waals surface area contributed by atoms with Gasteiger partial charge in [0.15, 0.2) is 9.84 Å². The van der Waals surface area contributed by atoms with Crippen molar-refractivity contribution >= 4 is 35.8 Å². The highest BCUT2D eigenvalue weighted by molar-refractivity contribution is 9.10. The van der Waals surface area contributed by atoms with Gasteiger partial charge >= 0.3 is 0 Å². The Labute approximate surface area is 175 Å². The molecule has 0 aromatic heterocycles. The van der Waals surface area contributed by atoms with Gasteiger partial charge in [-0.1, -0.05) is 24.3 Å². The number of hydrogen-bond donors (Lipinski definition) is 1. The van der Waals surface area contributed by atoms with Crippen LogP contribution in [0.3, 0.4) is 0 Å². The summed E-state index contributed by atoms with van der Waals surface area (Å²) in [6.45, 7) is 3.06. The van der Waals surface area contributed by atoms with Crippen LogP contribution in [0, 0.1) is 0 Å². The first-order valence-corrected chi connectivity index (χ1v) is 13.1. The first-order chi connectivity index (χ1) is 13.2. The van der Waals surface area contributed by atoms with Gasteiger partial charge in [-0.25, -0.2) is 21.6 Å². The molecule has 1 aliphatic rings. The van der Waals surface area contributed by atoms with Gasteiger partial charge in [0.05, 0.1) is 9.79 Å². The van der Waals surface area contributed by atoms with Gasteiger partial charge in [0.2, 0.25) is 10.0 Å². The van der Waals surface area contributed by atoms with E-state index in [4.69, 9.17) is 0 Å². The Hall–Kier alpha value is -1.26. The molecular weight excluding hydrogens is 464 g/mol. The fourth-order valence-corrected chi connectivity index (χ4v) is 5.95. The number of sulfonamides is 1. The maximum atomic E-state index is 12.8. The summed E-state index contributed by atoms with van der Waals surface area (Å²) in [6, 6.07) is 11.8. The summed E-state index contributed by atoms with van der Waals surface area (Å²) in [4.78, 5) is 2.23. The Kier molecular flexibility index (Phi) is 6.61. The molecule has 0 saturated carbocycles. The van der Waals surface area contributed by atoms with E-state index in [1.54, 1.807) is 0 Å². The maximum Gasteiger partial charge on any atom is 0.242 e. The Morgan fingerprint density at radius 1 is 1.00 bits per heavy atom. The average molecular weight is 487 g/mol. The fraction of sp³-hybridized carbons (Fsp3) is 0.368. The molecule has 0 amide bonds. The van der Waals surface area contributed by atoms with E-state index in [1.807, 2.05) is 24.3 Å². The summed E-state index contributed by atoms with van der Waals surface area (Å²) >= 11 is 3.21. The van der Waals surface area contributed by atoms with Crippen LogP contribution in [0.1, 0.15) is 24.0 Å². The van der Waals surface area contributed by atoms with E-state index in [9.17, 15) is 16.8 Å². The van der Waals surface area contributed by atoms with Crippen LogP contribution in [0.2, 0.25) is 0 Å². The summed E-state index contributed by atoms with van der Waals surface area (Å²) in [5.74, 6) is 0. The summed E-state index contributed by atoms with van der Waals surface area (Å²) in [7, 11) is -7.40. The molecular formula is C19H23BrN2O4S2. The monoisotopic (exact) mass is 486 g/mol. The van der Waals surface area contributed by atoms with E-state index in [1.165, 1.54) is 31.0 Å². The number of halogens is 1. The van der Waals surface area contributed by atoms with Gasteiger partial charge in [-0.2, -0.15) is 0 Å². The van der Waals surface area contributed by atoms with Gasteiger partial charge < -0.3 is 0 Å². The zero-order valence-electron chi connectivity index (χ0n) is 15.6. The first kappa shape index (κ1) is 21.4. The number of sulfone groups is 1. The molecule has 0 unspecified atom stereocenters. The number of benzene rings is 2. The van der Waals surface area contributed by atoms with Gasteiger partial charge in [-0.15, -0.1) is 0 Å². The van der Waals surface area contributed by atoms with Gasteiger partial charge in [0.25, 0.3) is 0 Å². The lowest BCUT2D eigenvalue weighted by molar-refractivity contribution is 0.330. The quantitative estimate of drug-likeness (QED) is 0.650. The molecule has 9 heteroatoms. The largest absolute Gasteiger partial charge is 0.299 e. The van der Waals surface area contributed by atoms with E-state index < -0.39 is 19.9 Å². The van der Waals surface area contributed by atoms with Crippen LogP contribution in [-0.2, 0) is 33.0 Å². The van der Waals surface area contributed by atoms with Crippen LogP contribution >= 0.6 is 15.9 Å². The second-order valence-corrected chi connectivity index (χ2v) is 11.5. The minimum atomic E-state index is -3.89. The third-order valence-corrected chi connectivity index (χ3v) is 8.29. The zero-order valence-corrected chi connectivity index (χ0v) is 18.8. The lowest BCUT2D eigenvalue weighted by Gasteiger charge is -2.18. The van der Waals surface area contributed by atoms with Crippen molar-refractivity contribution in [3.63, 3.8) is 0 Å². The second-order valence-electron chi connectivity index (χ2n) is 6.94. The van der Waals surface area contributed by atoms with E-state index >= 15 is 0 Å². The predicted octanol–water partition coefficient (Wildman–Crippen LogP) is 2.93. The average Bonchev–Trinajstić information content (AvgIpc) is 3.13. The van der Waals surface area contributed by atoms with E-state index in [2.05, 4.69) is 25.6 Å². The van der Waals surface area contributed by atoms with Gasteiger partial charge in [0, 0.05) is 23.8 Å². The van der Waals surface area contributed by atoms with Crippen LogP contribution < -0.4 is 4.72 Å². The molecule has 3 rings (SSSR count). The Balaban J connectivity index is 1.81. The molecule has 1 aliphatic heterocycles. The van der Waals surface area contributed by atoms with Crippen molar-refractivity contribution in [2.45, 2.75) is 35.7 Å². The molecule has 6 nitrogen and oxygen atoms in total. The van der Waals surface area contributed by atoms with Crippen molar-refractivity contribution < 1.29 is 16.8 Å².